The number of nitrogens with one attached hydrogen (secondary N) is 1. The van der Waals surface area contributed by atoms with Crippen molar-refractivity contribution in [2.24, 2.45) is 5.10 Å². The van der Waals surface area contributed by atoms with E-state index >= 15 is 0 Å². The predicted octanol–water partition coefficient (Wildman–Crippen LogP) is 4.13. The number of carbonyl (C=O) groups excluding carboxylic acids is 1. The molecule has 2 aromatic rings. The van der Waals surface area contributed by atoms with Crippen molar-refractivity contribution < 1.29 is 19.0 Å². The molecule has 2 aromatic carbocycles. The second-order valence-corrected chi connectivity index (χ2v) is 6.56. The van der Waals surface area contributed by atoms with Crippen LogP contribution in [0.1, 0.15) is 31.9 Å². The second-order valence-electron chi connectivity index (χ2n) is 6.56. The van der Waals surface area contributed by atoms with Crippen molar-refractivity contribution in [1.29, 1.82) is 0 Å². The fourth-order valence-corrected chi connectivity index (χ4v) is 2.08. The summed E-state index contributed by atoms with van der Waals surface area (Å²) in [6, 6.07) is 15.3. The van der Waals surface area contributed by atoms with Crippen LogP contribution in [0, 0.1) is 0 Å². The minimum atomic E-state index is -0.608. The number of ether oxygens (including phenoxy) is 3. The first-order valence-electron chi connectivity index (χ1n) is 8.24. The third-order valence-corrected chi connectivity index (χ3v) is 3.19. The van der Waals surface area contributed by atoms with Crippen molar-refractivity contribution in [2.45, 2.75) is 33.0 Å². The molecule has 0 bridgehead atoms. The number of carbonyl (C=O) groups is 1. The van der Waals surface area contributed by atoms with Crippen LogP contribution in [0.5, 0.6) is 11.5 Å². The lowest BCUT2D eigenvalue weighted by molar-refractivity contribution is 0.0529. The van der Waals surface area contributed by atoms with E-state index in [4.69, 9.17) is 14.2 Å². The van der Waals surface area contributed by atoms with E-state index in [1.807, 2.05) is 36.4 Å². The molecule has 0 atom stereocenters. The number of benzene rings is 2. The number of hydrogen-bond donors (Lipinski definition) is 1. The summed E-state index contributed by atoms with van der Waals surface area (Å²) in [6.07, 6.45) is 0.900. The van der Waals surface area contributed by atoms with Crippen molar-refractivity contribution in [1.82, 2.24) is 5.43 Å². The van der Waals surface area contributed by atoms with Crippen LogP contribution in [0.4, 0.5) is 4.79 Å². The summed E-state index contributed by atoms with van der Waals surface area (Å²) in [5.74, 6) is 1.22. The Hall–Kier alpha value is -3.02. The molecule has 0 aliphatic heterocycles. The van der Waals surface area contributed by atoms with Gasteiger partial charge in [0.05, 0.1) is 13.3 Å². The van der Waals surface area contributed by atoms with Crippen molar-refractivity contribution >= 4 is 12.3 Å². The molecular weight excluding hydrogens is 332 g/mol. The summed E-state index contributed by atoms with van der Waals surface area (Å²) in [6.45, 7) is 5.81. The van der Waals surface area contributed by atoms with Crippen LogP contribution in [0.3, 0.4) is 0 Å². The van der Waals surface area contributed by atoms with Crippen molar-refractivity contribution in [3.8, 4) is 11.5 Å². The molecule has 138 valence electrons. The molecule has 0 aliphatic rings. The van der Waals surface area contributed by atoms with Crippen LogP contribution in [0.25, 0.3) is 0 Å². The molecule has 0 saturated carbocycles. The number of nitrogens with zero attached hydrogens (tertiary/aromatic N) is 1. The predicted molar refractivity (Wildman–Crippen MR) is 101 cm³/mol. The van der Waals surface area contributed by atoms with Gasteiger partial charge in [-0.05, 0) is 50.1 Å². The van der Waals surface area contributed by atoms with E-state index in [0.717, 1.165) is 11.1 Å². The van der Waals surface area contributed by atoms with E-state index in [-0.39, 0.29) is 0 Å². The third kappa shape index (κ3) is 6.47. The van der Waals surface area contributed by atoms with Crippen LogP contribution in [0.15, 0.2) is 53.6 Å². The smallest absolute Gasteiger partial charge is 0.428 e. The lowest BCUT2D eigenvalue weighted by Crippen LogP contribution is -2.29. The van der Waals surface area contributed by atoms with Crippen LogP contribution in [-0.4, -0.2) is 25.0 Å². The summed E-state index contributed by atoms with van der Waals surface area (Å²) in [5, 5.41) is 3.88. The molecule has 6 nitrogen and oxygen atoms in total. The highest BCUT2D eigenvalue weighted by Gasteiger charge is 2.15. The van der Waals surface area contributed by atoms with Crippen molar-refractivity contribution in [3.63, 3.8) is 0 Å². The van der Waals surface area contributed by atoms with Gasteiger partial charge in [-0.25, -0.2) is 10.2 Å². The Kier molecular flexibility index (Phi) is 6.60. The van der Waals surface area contributed by atoms with Crippen molar-refractivity contribution in [3.05, 3.63) is 59.7 Å². The van der Waals surface area contributed by atoms with Gasteiger partial charge in [0.1, 0.15) is 12.2 Å². The van der Waals surface area contributed by atoms with Gasteiger partial charge in [0.15, 0.2) is 11.5 Å². The quantitative estimate of drug-likeness (QED) is 0.624. The molecule has 0 heterocycles. The maximum atomic E-state index is 11.6. The zero-order chi connectivity index (χ0) is 19.0. The molecule has 0 aliphatic carbocycles. The first-order valence-corrected chi connectivity index (χ1v) is 8.24. The highest BCUT2D eigenvalue weighted by Crippen LogP contribution is 2.28. The van der Waals surface area contributed by atoms with E-state index in [0.29, 0.717) is 18.1 Å². The number of rotatable bonds is 6. The van der Waals surface area contributed by atoms with E-state index in [1.165, 1.54) is 6.21 Å². The molecule has 1 amide bonds. The number of methoxy groups -OCH3 is 1. The molecule has 0 spiro atoms. The van der Waals surface area contributed by atoms with Gasteiger partial charge in [0, 0.05) is 0 Å². The Balaban J connectivity index is 1.97. The van der Waals surface area contributed by atoms with Gasteiger partial charge in [-0.2, -0.15) is 5.10 Å². The zero-order valence-electron chi connectivity index (χ0n) is 15.5. The fraction of sp³-hybridized carbons (Fsp3) is 0.300. The molecule has 26 heavy (non-hydrogen) atoms. The minimum Gasteiger partial charge on any atom is -0.493 e. The Labute approximate surface area is 153 Å². The average Bonchev–Trinajstić information content (AvgIpc) is 2.59. The van der Waals surface area contributed by atoms with Gasteiger partial charge in [0.25, 0.3) is 0 Å². The summed E-state index contributed by atoms with van der Waals surface area (Å²) < 4.78 is 16.3. The highest BCUT2D eigenvalue weighted by atomic mass is 16.6. The molecule has 1 N–H and O–H groups in total. The Bertz CT molecular complexity index is 752. The summed E-state index contributed by atoms with van der Waals surface area (Å²) >= 11 is 0. The topological polar surface area (TPSA) is 69.2 Å². The van der Waals surface area contributed by atoms with Crippen LogP contribution in [0.2, 0.25) is 0 Å². The van der Waals surface area contributed by atoms with Gasteiger partial charge in [-0.1, -0.05) is 30.3 Å². The lowest BCUT2D eigenvalue weighted by atomic mass is 10.2. The Morgan fingerprint density at radius 1 is 1.12 bits per heavy atom. The molecule has 0 radical (unpaired) electrons. The summed E-state index contributed by atoms with van der Waals surface area (Å²) in [4.78, 5) is 11.6. The zero-order valence-corrected chi connectivity index (χ0v) is 15.5. The van der Waals surface area contributed by atoms with Gasteiger partial charge >= 0.3 is 6.09 Å². The van der Waals surface area contributed by atoms with Crippen LogP contribution in [-0.2, 0) is 11.3 Å². The monoisotopic (exact) mass is 356 g/mol. The van der Waals surface area contributed by atoms with Crippen LogP contribution < -0.4 is 14.9 Å². The largest absolute Gasteiger partial charge is 0.493 e. The molecule has 0 unspecified atom stereocenters. The van der Waals surface area contributed by atoms with Crippen molar-refractivity contribution in [2.75, 3.05) is 7.11 Å². The van der Waals surface area contributed by atoms with Gasteiger partial charge in [0.2, 0.25) is 0 Å². The first-order chi connectivity index (χ1) is 12.4. The van der Waals surface area contributed by atoms with Gasteiger partial charge in [-0.3, -0.25) is 0 Å². The molecule has 2 rings (SSSR count). The average molecular weight is 356 g/mol. The van der Waals surface area contributed by atoms with Gasteiger partial charge in [-0.15, -0.1) is 0 Å². The van der Waals surface area contributed by atoms with Crippen LogP contribution >= 0.6 is 0 Å². The number of hydrazone groups is 1. The highest BCUT2D eigenvalue weighted by molar-refractivity contribution is 5.82. The molecule has 0 fully saturated rings. The third-order valence-electron chi connectivity index (χ3n) is 3.19. The minimum absolute atomic E-state index is 0.449. The van der Waals surface area contributed by atoms with E-state index in [9.17, 15) is 4.79 Å². The SMILES string of the molecule is COc1cc(/C=N\NC(=O)OC(C)(C)C)ccc1OCc1ccccc1. The lowest BCUT2D eigenvalue weighted by Gasteiger charge is -2.18. The number of amides is 1. The molecule has 6 heteroatoms. The molecule has 0 aromatic heterocycles. The van der Waals surface area contributed by atoms with E-state index in [2.05, 4.69) is 10.5 Å². The molecule has 0 saturated heterocycles. The second kappa shape index (κ2) is 8.89. The first kappa shape index (κ1) is 19.3. The summed E-state index contributed by atoms with van der Waals surface area (Å²) in [5.41, 5.74) is 3.58. The number of hydrogen-bond acceptors (Lipinski definition) is 5. The maximum absolute atomic E-state index is 11.6. The standard InChI is InChI=1S/C20H24N2O4/c1-20(2,3)26-19(23)22-21-13-16-10-11-17(18(12-16)24-4)25-14-15-8-6-5-7-9-15/h5-13H,14H2,1-4H3,(H,22,23)/b21-13-. The fourth-order valence-electron chi connectivity index (χ4n) is 2.08. The Morgan fingerprint density at radius 3 is 2.50 bits per heavy atom. The maximum Gasteiger partial charge on any atom is 0.428 e. The molecular formula is C20H24N2O4. The normalized spacial score (nSPS) is 11.2. The van der Waals surface area contributed by atoms with E-state index in [1.54, 1.807) is 40.0 Å². The van der Waals surface area contributed by atoms with E-state index < -0.39 is 11.7 Å². The van der Waals surface area contributed by atoms with Gasteiger partial charge < -0.3 is 14.2 Å². The Morgan fingerprint density at radius 2 is 1.85 bits per heavy atom. The summed E-state index contributed by atoms with van der Waals surface area (Å²) in [7, 11) is 1.57.